The van der Waals surface area contributed by atoms with E-state index in [1.165, 1.54) is 37.4 Å². The average molecular weight is 362 g/mol. The Morgan fingerprint density at radius 1 is 1.16 bits per heavy atom. The Bertz CT molecular complexity index is 615. The second kappa shape index (κ2) is 8.37. The van der Waals surface area contributed by atoms with Crippen molar-refractivity contribution in [3.05, 3.63) is 29.8 Å². The number of hydrogen-bond acceptors (Lipinski definition) is 4. The van der Waals surface area contributed by atoms with E-state index < -0.39 is 5.97 Å². The van der Waals surface area contributed by atoms with Crippen molar-refractivity contribution in [1.29, 1.82) is 0 Å². The van der Waals surface area contributed by atoms with Crippen LogP contribution in [0.4, 0.5) is 0 Å². The van der Waals surface area contributed by atoms with E-state index in [-0.39, 0.29) is 18.1 Å². The zero-order valence-electron chi connectivity index (χ0n) is 14.6. The lowest BCUT2D eigenvalue weighted by Gasteiger charge is -2.42. The molecule has 25 heavy (non-hydrogen) atoms. The van der Waals surface area contributed by atoms with Crippen molar-refractivity contribution >= 4 is 23.5 Å². The summed E-state index contributed by atoms with van der Waals surface area (Å²) in [6.45, 7) is 2.24. The van der Waals surface area contributed by atoms with Crippen molar-refractivity contribution in [2.45, 2.75) is 49.8 Å². The van der Waals surface area contributed by atoms with Gasteiger partial charge in [0.05, 0.1) is 6.42 Å². The molecule has 1 aromatic carbocycles. The highest BCUT2D eigenvalue weighted by Gasteiger charge is 2.38. The molecule has 1 saturated carbocycles. The number of piperidine rings is 1. The van der Waals surface area contributed by atoms with Crippen LogP contribution in [0.5, 0.6) is 0 Å². The van der Waals surface area contributed by atoms with Crippen LogP contribution in [-0.2, 0) is 4.79 Å². The van der Waals surface area contributed by atoms with Crippen LogP contribution >= 0.6 is 11.8 Å². The molecule has 1 heterocycles. The predicted octanol–water partition coefficient (Wildman–Crippen LogP) is 4.00. The van der Waals surface area contributed by atoms with Gasteiger partial charge in [0.15, 0.2) is 5.78 Å². The Kier molecular flexibility index (Phi) is 6.18. The first-order valence-corrected chi connectivity index (χ1v) is 10.3. The quantitative estimate of drug-likeness (QED) is 0.592. The van der Waals surface area contributed by atoms with Crippen LogP contribution < -0.4 is 5.32 Å². The molecule has 1 aliphatic heterocycles. The first-order valence-electron chi connectivity index (χ1n) is 9.28. The van der Waals surface area contributed by atoms with Gasteiger partial charge in [0, 0.05) is 22.1 Å². The van der Waals surface area contributed by atoms with Crippen LogP contribution in [0.3, 0.4) is 0 Å². The molecule has 4 nitrogen and oxygen atoms in total. The van der Waals surface area contributed by atoms with Crippen molar-refractivity contribution in [1.82, 2.24) is 5.32 Å². The smallest absolute Gasteiger partial charge is 0.304 e. The summed E-state index contributed by atoms with van der Waals surface area (Å²) in [7, 11) is 0. The van der Waals surface area contributed by atoms with Crippen LogP contribution in [0, 0.1) is 11.3 Å². The summed E-state index contributed by atoms with van der Waals surface area (Å²) in [5.41, 5.74) is 1.27. The maximum absolute atomic E-state index is 12.9. The van der Waals surface area contributed by atoms with Crippen molar-refractivity contribution < 1.29 is 14.7 Å². The summed E-state index contributed by atoms with van der Waals surface area (Å²) < 4.78 is 0. The fourth-order valence-electron chi connectivity index (χ4n) is 4.18. The van der Waals surface area contributed by atoms with Gasteiger partial charge in [0.2, 0.25) is 0 Å². The van der Waals surface area contributed by atoms with Gasteiger partial charge in [0.25, 0.3) is 0 Å². The predicted molar refractivity (Wildman–Crippen MR) is 100 cm³/mol. The molecule has 2 fully saturated rings. The summed E-state index contributed by atoms with van der Waals surface area (Å²) in [4.78, 5) is 24.5. The Balaban J connectivity index is 1.57. The number of thioether (sulfide) groups is 1. The largest absolute Gasteiger partial charge is 0.481 e. The van der Waals surface area contributed by atoms with E-state index in [2.05, 4.69) is 5.32 Å². The summed E-state index contributed by atoms with van der Waals surface area (Å²) >= 11 is 1.50. The molecule has 0 atom stereocenters. The molecule has 2 aliphatic rings. The Morgan fingerprint density at radius 2 is 1.88 bits per heavy atom. The highest BCUT2D eigenvalue weighted by atomic mass is 32.2. The maximum Gasteiger partial charge on any atom is 0.304 e. The lowest BCUT2D eigenvalue weighted by atomic mass is 9.65. The maximum atomic E-state index is 12.9. The highest BCUT2D eigenvalue weighted by Crippen LogP contribution is 2.45. The minimum atomic E-state index is -0.784. The van der Waals surface area contributed by atoms with Gasteiger partial charge in [-0.25, -0.2) is 0 Å². The molecule has 0 amide bonds. The summed E-state index contributed by atoms with van der Waals surface area (Å²) in [5.74, 6) is 0.172. The molecule has 136 valence electrons. The van der Waals surface area contributed by atoms with E-state index in [1.807, 2.05) is 24.3 Å². The fraction of sp³-hybridized carbons (Fsp3) is 0.600. The van der Waals surface area contributed by atoms with E-state index >= 15 is 0 Å². The van der Waals surface area contributed by atoms with Gasteiger partial charge in [-0.3, -0.25) is 9.59 Å². The topological polar surface area (TPSA) is 66.4 Å². The fourth-order valence-corrected chi connectivity index (χ4v) is 5.08. The molecular formula is C20H27NO3S. The molecule has 1 aromatic rings. The second-order valence-corrected chi connectivity index (χ2v) is 8.58. The van der Waals surface area contributed by atoms with Crippen LogP contribution in [0.25, 0.3) is 0 Å². The molecule has 3 rings (SSSR count). The van der Waals surface area contributed by atoms with Crippen molar-refractivity contribution in [3.8, 4) is 0 Å². The van der Waals surface area contributed by atoms with E-state index in [1.54, 1.807) is 0 Å². The van der Waals surface area contributed by atoms with Gasteiger partial charge in [-0.2, -0.15) is 0 Å². The van der Waals surface area contributed by atoms with E-state index in [4.69, 9.17) is 5.11 Å². The SMILES string of the molecule is O=C(O)CCSc1cccc(C(=O)C2CCC3(CCNCC3)CC2)c1. The zero-order valence-corrected chi connectivity index (χ0v) is 15.4. The van der Waals surface area contributed by atoms with E-state index in [9.17, 15) is 9.59 Å². The van der Waals surface area contributed by atoms with Crippen LogP contribution in [0.15, 0.2) is 29.2 Å². The van der Waals surface area contributed by atoms with Crippen LogP contribution in [0.2, 0.25) is 0 Å². The van der Waals surface area contributed by atoms with E-state index in [0.717, 1.165) is 36.4 Å². The number of benzene rings is 1. The monoisotopic (exact) mass is 361 g/mol. The molecular weight excluding hydrogens is 334 g/mol. The molecule has 1 saturated heterocycles. The molecule has 1 spiro atoms. The first-order chi connectivity index (χ1) is 12.1. The average Bonchev–Trinajstić information content (AvgIpc) is 2.62. The number of nitrogens with one attached hydrogen (secondary N) is 1. The number of rotatable bonds is 6. The molecule has 2 N–H and O–H groups in total. The van der Waals surface area contributed by atoms with Crippen LogP contribution in [0.1, 0.15) is 55.3 Å². The lowest BCUT2D eigenvalue weighted by Crippen LogP contribution is -2.40. The Hall–Kier alpha value is -1.33. The lowest BCUT2D eigenvalue weighted by molar-refractivity contribution is -0.136. The van der Waals surface area contributed by atoms with Gasteiger partial charge in [-0.05, 0) is 69.2 Å². The van der Waals surface area contributed by atoms with Gasteiger partial charge in [-0.1, -0.05) is 12.1 Å². The molecule has 0 unspecified atom stereocenters. The van der Waals surface area contributed by atoms with Crippen molar-refractivity contribution in [3.63, 3.8) is 0 Å². The number of carboxylic acids is 1. The number of carbonyl (C=O) groups is 2. The van der Waals surface area contributed by atoms with Gasteiger partial charge < -0.3 is 10.4 Å². The van der Waals surface area contributed by atoms with Crippen LogP contribution in [-0.4, -0.2) is 35.7 Å². The minimum Gasteiger partial charge on any atom is -0.481 e. The van der Waals surface area contributed by atoms with Crippen molar-refractivity contribution in [2.24, 2.45) is 11.3 Å². The third-order valence-electron chi connectivity index (χ3n) is 5.78. The molecule has 0 radical (unpaired) electrons. The van der Waals surface area contributed by atoms with Gasteiger partial charge in [0.1, 0.15) is 0 Å². The standard InChI is InChI=1S/C20H27NO3S/c22-18(23)6-13-25-17-3-1-2-16(14-17)19(24)15-4-7-20(8-5-15)9-11-21-12-10-20/h1-3,14-15,21H,4-13H2,(H,22,23). The summed E-state index contributed by atoms with van der Waals surface area (Å²) in [6.07, 6.45) is 7.02. The third kappa shape index (κ3) is 4.85. The third-order valence-corrected chi connectivity index (χ3v) is 6.78. The number of ketones is 1. The van der Waals surface area contributed by atoms with E-state index in [0.29, 0.717) is 11.2 Å². The molecule has 0 bridgehead atoms. The number of carbonyl (C=O) groups excluding carboxylic acids is 1. The second-order valence-electron chi connectivity index (χ2n) is 7.41. The van der Waals surface area contributed by atoms with Crippen molar-refractivity contribution in [2.75, 3.05) is 18.8 Å². The molecule has 0 aromatic heterocycles. The summed E-state index contributed by atoms with van der Waals surface area (Å²) in [5, 5.41) is 12.2. The number of carboxylic acid groups (broad SMARTS) is 1. The number of hydrogen-bond donors (Lipinski definition) is 2. The highest BCUT2D eigenvalue weighted by molar-refractivity contribution is 7.99. The van der Waals surface area contributed by atoms with Gasteiger partial charge in [-0.15, -0.1) is 11.8 Å². The molecule has 1 aliphatic carbocycles. The molecule has 5 heteroatoms. The zero-order chi connectivity index (χ0) is 17.7. The first kappa shape index (κ1) is 18.5. The minimum absolute atomic E-state index is 0.141. The summed E-state index contributed by atoms with van der Waals surface area (Å²) in [6, 6.07) is 7.70. The number of aliphatic carboxylic acids is 1. The Morgan fingerprint density at radius 3 is 2.56 bits per heavy atom. The Labute approximate surface area is 153 Å². The normalized spacial score (nSPS) is 20.5. The van der Waals surface area contributed by atoms with Gasteiger partial charge >= 0.3 is 5.97 Å². The number of Topliss-reactive ketones (excluding diaryl/α,β-unsaturated/α-hetero) is 1.